The molecule has 1 saturated heterocycles. The first-order valence-corrected chi connectivity index (χ1v) is 8.55. The molecule has 6 heteroatoms. The second kappa shape index (κ2) is 7.30. The van der Waals surface area contributed by atoms with Crippen LogP contribution >= 0.6 is 0 Å². The number of benzene rings is 1. The van der Waals surface area contributed by atoms with Crippen LogP contribution in [0.25, 0.3) is 0 Å². The summed E-state index contributed by atoms with van der Waals surface area (Å²) in [7, 11) is 0. The van der Waals surface area contributed by atoms with Gasteiger partial charge < -0.3 is 14.5 Å². The van der Waals surface area contributed by atoms with Crippen molar-refractivity contribution < 1.29 is 18.7 Å². The van der Waals surface area contributed by atoms with Crippen LogP contribution < -0.4 is 0 Å². The van der Waals surface area contributed by atoms with Gasteiger partial charge in [0.2, 0.25) is 5.91 Å². The summed E-state index contributed by atoms with van der Waals surface area (Å²) >= 11 is 0. The Labute approximate surface area is 141 Å². The Morgan fingerprint density at radius 2 is 1.79 bits per heavy atom. The van der Waals surface area contributed by atoms with Crippen LogP contribution in [-0.4, -0.2) is 60.5 Å². The number of hydrogen-bond donors (Lipinski definition) is 0. The standard InChI is InChI=1S/C18H23FN2O3/c1-2-24-16-12-15(16)18(23)21-9-3-8-20(10-11-21)17(22)13-4-6-14(19)7-5-13/h4-7,15-16H,2-3,8-12H2,1H3. The average molecular weight is 334 g/mol. The van der Waals surface area contributed by atoms with Crippen LogP contribution in [0.5, 0.6) is 0 Å². The second-order valence-corrected chi connectivity index (χ2v) is 6.31. The van der Waals surface area contributed by atoms with Crippen LogP contribution in [-0.2, 0) is 9.53 Å². The van der Waals surface area contributed by atoms with E-state index in [4.69, 9.17) is 4.74 Å². The zero-order chi connectivity index (χ0) is 17.1. The number of carbonyl (C=O) groups is 2. The van der Waals surface area contributed by atoms with Crippen LogP contribution in [0.4, 0.5) is 4.39 Å². The molecular formula is C18H23FN2O3. The van der Waals surface area contributed by atoms with Gasteiger partial charge in [0.05, 0.1) is 12.0 Å². The molecule has 5 nitrogen and oxygen atoms in total. The minimum Gasteiger partial charge on any atom is -0.378 e. The van der Waals surface area contributed by atoms with Crippen molar-refractivity contribution in [3.8, 4) is 0 Å². The summed E-state index contributed by atoms with van der Waals surface area (Å²) in [4.78, 5) is 28.6. The number of carbonyl (C=O) groups excluding carboxylic acids is 2. The van der Waals surface area contributed by atoms with E-state index in [0.29, 0.717) is 38.3 Å². The van der Waals surface area contributed by atoms with Crippen molar-refractivity contribution in [3.05, 3.63) is 35.6 Å². The number of hydrogen-bond acceptors (Lipinski definition) is 3. The molecule has 1 heterocycles. The highest BCUT2D eigenvalue weighted by atomic mass is 19.1. The second-order valence-electron chi connectivity index (χ2n) is 6.31. The fourth-order valence-corrected chi connectivity index (χ4v) is 3.18. The molecule has 24 heavy (non-hydrogen) atoms. The third-order valence-electron chi connectivity index (χ3n) is 4.62. The quantitative estimate of drug-likeness (QED) is 0.845. The maximum atomic E-state index is 13.0. The summed E-state index contributed by atoms with van der Waals surface area (Å²) in [6, 6.07) is 5.59. The van der Waals surface area contributed by atoms with Crippen molar-refractivity contribution in [3.63, 3.8) is 0 Å². The van der Waals surface area contributed by atoms with E-state index in [0.717, 1.165) is 12.8 Å². The Kier molecular flexibility index (Phi) is 5.14. The van der Waals surface area contributed by atoms with Crippen molar-refractivity contribution >= 4 is 11.8 Å². The van der Waals surface area contributed by atoms with E-state index in [1.807, 2.05) is 11.8 Å². The van der Waals surface area contributed by atoms with Crippen molar-refractivity contribution in [2.45, 2.75) is 25.9 Å². The molecule has 1 aromatic rings. The van der Waals surface area contributed by atoms with E-state index in [9.17, 15) is 14.0 Å². The molecule has 0 N–H and O–H groups in total. The molecule has 1 saturated carbocycles. The first-order chi connectivity index (χ1) is 11.6. The third kappa shape index (κ3) is 3.75. The van der Waals surface area contributed by atoms with E-state index in [1.54, 1.807) is 4.90 Å². The number of amides is 2. The van der Waals surface area contributed by atoms with Crippen LogP contribution in [0.3, 0.4) is 0 Å². The van der Waals surface area contributed by atoms with Crippen LogP contribution in [0.2, 0.25) is 0 Å². The van der Waals surface area contributed by atoms with Crippen LogP contribution in [0.1, 0.15) is 30.1 Å². The van der Waals surface area contributed by atoms with Gasteiger partial charge in [-0.3, -0.25) is 9.59 Å². The van der Waals surface area contributed by atoms with Crippen LogP contribution in [0.15, 0.2) is 24.3 Å². The predicted octanol–water partition coefficient (Wildman–Crippen LogP) is 1.93. The Bertz CT molecular complexity index is 605. The highest BCUT2D eigenvalue weighted by Gasteiger charge is 2.46. The topological polar surface area (TPSA) is 49.9 Å². The Morgan fingerprint density at radius 1 is 1.12 bits per heavy atom. The van der Waals surface area contributed by atoms with Crippen molar-refractivity contribution in [1.82, 2.24) is 9.80 Å². The zero-order valence-corrected chi connectivity index (χ0v) is 13.9. The van der Waals surface area contributed by atoms with Crippen LogP contribution in [0, 0.1) is 11.7 Å². The molecule has 0 spiro atoms. The van der Waals surface area contributed by atoms with E-state index in [1.165, 1.54) is 24.3 Å². The van der Waals surface area contributed by atoms with Gasteiger partial charge in [0.25, 0.3) is 5.91 Å². The summed E-state index contributed by atoms with van der Waals surface area (Å²) in [5.41, 5.74) is 0.481. The minimum atomic E-state index is -0.354. The van der Waals surface area contributed by atoms with Gasteiger partial charge in [-0.25, -0.2) is 4.39 Å². The lowest BCUT2D eigenvalue weighted by molar-refractivity contribution is -0.133. The molecule has 2 unspecified atom stereocenters. The molecule has 2 amide bonds. The van der Waals surface area contributed by atoms with Gasteiger partial charge in [-0.15, -0.1) is 0 Å². The molecule has 130 valence electrons. The Balaban J connectivity index is 1.56. The smallest absolute Gasteiger partial charge is 0.253 e. The van der Waals surface area contributed by atoms with Gasteiger partial charge in [0.15, 0.2) is 0 Å². The van der Waals surface area contributed by atoms with E-state index < -0.39 is 0 Å². The number of ether oxygens (including phenoxy) is 1. The molecule has 3 rings (SSSR count). The van der Waals surface area contributed by atoms with Crippen molar-refractivity contribution in [2.75, 3.05) is 32.8 Å². The van der Waals surface area contributed by atoms with E-state index in [-0.39, 0.29) is 29.7 Å². The van der Waals surface area contributed by atoms with E-state index in [2.05, 4.69) is 0 Å². The lowest BCUT2D eigenvalue weighted by Crippen LogP contribution is -2.38. The van der Waals surface area contributed by atoms with Gasteiger partial charge >= 0.3 is 0 Å². The maximum absolute atomic E-state index is 13.0. The van der Waals surface area contributed by atoms with Gasteiger partial charge in [-0.1, -0.05) is 0 Å². The average Bonchev–Trinajstić information content (AvgIpc) is 3.37. The molecule has 1 aromatic carbocycles. The highest BCUT2D eigenvalue weighted by molar-refractivity contribution is 5.94. The maximum Gasteiger partial charge on any atom is 0.253 e. The van der Waals surface area contributed by atoms with Gasteiger partial charge in [0.1, 0.15) is 5.82 Å². The number of halogens is 1. The number of nitrogens with zero attached hydrogens (tertiary/aromatic N) is 2. The summed E-state index contributed by atoms with van der Waals surface area (Å²) in [5, 5.41) is 0. The first kappa shape index (κ1) is 16.9. The van der Waals surface area contributed by atoms with Crippen molar-refractivity contribution in [1.29, 1.82) is 0 Å². The molecule has 2 atom stereocenters. The SMILES string of the molecule is CCOC1CC1C(=O)N1CCCN(C(=O)c2ccc(F)cc2)CC1. The van der Waals surface area contributed by atoms with Gasteiger partial charge in [-0.2, -0.15) is 0 Å². The molecular weight excluding hydrogens is 311 g/mol. The number of rotatable bonds is 4. The van der Waals surface area contributed by atoms with E-state index >= 15 is 0 Å². The van der Waals surface area contributed by atoms with Crippen molar-refractivity contribution in [2.24, 2.45) is 5.92 Å². The molecule has 2 aliphatic rings. The lowest BCUT2D eigenvalue weighted by atomic mass is 10.2. The first-order valence-electron chi connectivity index (χ1n) is 8.55. The third-order valence-corrected chi connectivity index (χ3v) is 4.62. The summed E-state index contributed by atoms with van der Waals surface area (Å²) in [5.74, 6) is -0.329. The Hall–Kier alpha value is -1.95. The predicted molar refractivity (Wildman–Crippen MR) is 87.0 cm³/mol. The lowest BCUT2D eigenvalue weighted by Gasteiger charge is -2.22. The molecule has 1 aliphatic heterocycles. The fourth-order valence-electron chi connectivity index (χ4n) is 3.18. The molecule has 1 aliphatic carbocycles. The Morgan fingerprint density at radius 3 is 2.50 bits per heavy atom. The largest absolute Gasteiger partial charge is 0.378 e. The minimum absolute atomic E-state index is 0.00991. The molecule has 0 radical (unpaired) electrons. The summed E-state index contributed by atoms with van der Waals surface area (Å²) in [6.45, 7) is 4.90. The molecule has 0 aromatic heterocycles. The highest BCUT2D eigenvalue weighted by Crippen LogP contribution is 2.35. The zero-order valence-electron chi connectivity index (χ0n) is 13.9. The normalized spacial score (nSPS) is 23.8. The summed E-state index contributed by atoms with van der Waals surface area (Å²) < 4.78 is 18.5. The van der Waals surface area contributed by atoms with Gasteiger partial charge in [-0.05, 0) is 44.0 Å². The molecule has 0 bridgehead atoms. The van der Waals surface area contributed by atoms with Gasteiger partial charge in [0, 0.05) is 38.3 Å². The fraction of sp³-hybridized carbons (Fsp3) is 0.556. The summed E-state index contributed by atoms with van der Waals surface area (Å²) in [6.07, 6.45) is 1.63. The monoisotopic (exact) mass is 334 g/mol. The molecule has 2 fully saturated rings.